The number of likely N-dealkylation sites (tertiary alicyclic amines) is 1. The van der Waals surface area contributed by atoms with Gasteiger partial charge >= 0.3 is 0 Å². The van der Waals surface area contributed by atoms with Crippen LogP contribution in [0.5, 0.6) is 0 Å². The van der Waals surface area contributed by atoms with Gasteiger partial charge in [0, 0.05) is 30.5 Å². The highest BCUT2D eigenvalue weighted by Gasteiger charge is 2.29. The number of hydrogen-bond donors (Lipinski definition) is 2. The Morgan fingerprint density at radius 3 is 2.79 bits per heavy atom. The highest BCUT2D eigenvalue weighted by Crippen LogP contribution is 2.23. The number of carbonyl (C=O) groups excluding carboxylic acids is 1. The molecular weight excluding hydrogens is 242 g/mol. The molecule has 1 aromatic heterocycles. The van der Waals surface area contributed by atoms with E-state index >= 15 is 0 Å². The van der Waals surface area contributed by atoms with E-state index in [4.69, 9.17) is 0 Å². The number of H-pyrrole nitrogens is 1. The lowest BCUT2D eigenvalue weighted by Gasteiger charge is -2.37. The Labute approximate surface area is 114 Å². The molecule has 1 fully saturated rings. The number of hydrogen-bond acceptors (Lipinski definition) is 3. The molecule has 2 N–H and O–H groups in total. The molecule has 0 aliphatic carbocycles. The van der Waals surface area contributed by atoms with Crippen molar-refractivity contribution in [2.24, 2.45) is 5.92 Å². The number of amides is 1. The summed E-state index contributed by atoms with van der Waals surface area (Å²) >= 11 is 0. The van der Waals surface area contributed by atoms with Gasteiger partial charge in [-0.2, -0.15) is 5.10 Å². The fourth-order valence-electron chi connectivity index (χ4n) is 2.77. The predicted octanol–water partition coefficient (Wildman–Crippen LogP) is 1.19. The third kappa shape index (κ3) is 2.97. The molecule has 1 aromatic rings. The molecular formula is C14H23N3O2. The zero-order valence-electron chi connectivity index (χ0n) is 11.9. The van der Waals surface area contributed by atoms with E-state index in [0.717, 1.165) is 29.8 Å². The van der Waals surface area contributed by atoms with Crippen LogP contribution in [0.3, 0.4) is 0 Å². The van der Waals surface area contributed by atoms with Gasteiger partial charge in [-0.25, -0.2) is 0 Å². The highest BCUT2D eigenvalue weighted by atomic mass is 16.3. The standard InChI is InChI=1S/C14H23N3O2/c1-9-4-5-12(8-18)7-17(9)14(19)6-13-10(2)15-16-11(13)3/h9,12,18H,4-8H2,1-3H3,(H,15,16). The lowest BCUT2D eigenvalue weighted by Crippen LogP contribution is -2.47. The molecule has 106 valence electrons. The molecule has 2 unspecified atom stereocenters. The van der Waals surface area contributed by atoms with E-state index in [1.807, 2.05) is 18.7 Å². The molecule has 2 rings (SSSR count). The van der Waals surface area contributed by atoms with Crippen LogP contribution >= 0.6 is 0 Å². The number of aliphatic hydroxyl groups excluding tert-OH is 1. The zero-order valence-corrected chi connectivity index (χ0v) is 11.9. The van der Waals surface area contributed by atoms with Gasteiger partial charge in [0.1, 0.15) is 0 Å². The molecule has 2 heterocycles. The van der Waals surface area contributed by atoms with Gasteiger partial charge in [-0.05, 0) is 39.5 Å². The second kappa shape index (κ2) is 5.74. The van der Waals surface area contributed by atoms with Crippen molar-refractivity contribution in [3.8, 4) is 0 Å². The van der Waals surface area contributed by atoms with E-state index in [9.17, 15) is 9.90 Å². The SMILES string of the molecule is Cc1n[nH]c(C)c1CC(=O)N1CC(CO)CCC1C. The maximum absolute atomic E-state index is 12.4. The molecule has 1 saturated heterocycles. The number of carbonyl (C=O) groups is 1. The van der Waals surface area contributed by atoms with Crippen LogP contribution in [0.2, 0.25) is 0 Å². The number of rotatable bonds is 3. The summed E-state index contributed by atoms with van der Waals surface area (Å²) in [7, 11) is 0. The largest absolute Gasteiger partial charge is 0.396 e. The van der Waals surface area contributed by atoms with Gasteiger partial charge < -0.3 is 10.0 Å². The zero-order chi connectivity index (χ0) is 14.0. The number of piperidine rings is 1. The second-order valence-electron chi connectivity index (χ2n) is 5.61. The topological polar surface area (TPSA) is 69.2 Å². The fourth-order valence-corrected chi connectivity index (χ4v) is 2.77. The van der Waals surface area contributed by atoms with Crippen molar-refractivity contribution in [2.75, 3.05) is 13.2 Å². The first kappa shape index (κ1) is 14.1. The van der Waals surface area contributed by atoms with Crippen LogP contribution in [0.25, 0.3) is 0 Å². The van der Waals surface area contributed by atoms with Gasteiger partial charge in [0.15, 0.2) is 0 Å². The number of aromatic amines is 1. The van der Waals surface area contributed by atoms with Crippen LogP contribution in [-0.4, -0.2) is 45.3 Å². The fraction of sp³-hybridized carbons (Fsp3) is 0.714. The van der Waals surface area contributed by atoms with Crippen LogP contribution in [0.15, 0.2) is 0 Å². The summed E-state index contributed by atoms with van der Waals surface area (Å²) in [5.41, 5.74) is 2.87. The minimum atomic E-state index is 0.137. The van der Waals surface area contributed by atoms with Crippen molar-refractivity contribution in [2.45, 2.75) is 46.1 Å². The summed E-state index contributed by atoms with van der Waals surface area (Å²) in [6, 6.07) is 0.266. The summed E-state index contributed by atoms with van der Waals surface area (Å²) < 4.78 is 0. The Balaban J connectivity index is 2.06. The van der Waals surface area contributed by atoms with E-state index in [0.29, 0.717) is 13.0 Å². The summed E-state index contributed by atoms with van der Waals surface area (Å²) in [5, 5.41) is 16.3. The second-order valence-corrected chi connectivity index (χ2v) is 5.61. The molecule has 19 heavy (non-hydrogen) atoms. The van der Waals surface area contributed by atoms with Crippen molar-refractivity contribution >= 4 is 5.91 Å². The summed E-state index contributed by atoms with van der Waals surface area (Å²) in [4.78, 5) is 14.4. The van der Waals surface area contributed by atoms with Gasteiger partial charge in [-0.1, -0.05) is 0 Å². The van der Waals surface area contributed by atoms with Crippen LogP contribution in [0, 0.1) is 19.8 Å². The van der Waals surface area contributed by atoms with Crippen LogP contribution < -0.4 is 0 Å². The molecule has 0 aromatic carbocycles. The number of nitrogens with zero attached hydrogens (tertiary/aromatic N) is 2. The first-order valence-electron chi connectivity index (χ1n) is 6.93. The van der Waals surface area contributed by atoms with Crippen molar-refractivity contribution in [3.63, 3.8) is 0 Å². The predicted molar refractivity (Wildman–Crippen MR) is 72.8 cm³/mol. The van der Waals surface area contributed by atoms with Gasteiger partial charge in [0.25, 0.3) is 0 Å². The maximum atomic E-state index is 12.4. The highest BCUT2D eigenvalue weighted by molar-refractivity contribution is 5.79. The summed E-state index contributed by atoms with van der Waals surface area (Å²) in [6.45, 7) is 6.79. The molecule has 0 bridgehead atoms. The monoisotopic (exact) mass is 265 g/mol. The summed E-state index contributed by atoms with van der Waals surface area (Å²) in [5.74, 6) is 0.366. The molecule has 0 spiro atoms. The van der Waals surface area contributed by atoms with E-state index < -0.39 is 0 Å². The smallest absolute Gasteiger partial charge is 0.227 e. The number of nitrogens with one attached hydrogen (secondary N) is 1. The minimum absolute atomic E-state index is 0.137. The Morgan fingerprint density at radius 1 is 1.47 bits per heavy atom. The van der Waals surface area contributed by atoms with E-state index in [1.165, 1.54) is 0 Å². The van der Waals surface area contributed by atoms with Gasteiger partial charge in [-0.3, -0.25) is 9.89 Å². The van der Waals surface area contributed by atoms with Crippen LogP contribution in [0.4, 0.5) is 0 Å². The first-order valence-corrected chi connectivity index (χ1v) is 6.93. The average Bonchev–Trinajstić information content (AvgIpc) is 2.71. The molecule has 1 aliphatic heterocycles. The normalized spacial score (nSPS) is 23.7. The van der Waals surface area contributed by atoms with Crippen molar-refractivity contribution in [1.29, 1.82) is 0 Å². The third-order valence-corrected chi connectivity index (χ3v) is 4.17. The first-order chi connectivity index (χ1) is 9.02. The number of aromatic nitrogens is 2. The van der Waals surface area contributed by atoms with Gasteiger partial charge in [0.05, 0.1) is 12.1 Å². The van der Waals surface area contributed by atoms with Crippen LogP contribution in [0.1, 0.15) is 36.7 Å². The average molecular weight is 265 g/mol. The van der Waals surface area contributed by atoms with E-state index in [2.05, 4.69) is 17.1 Å². The van der Waals surface area contributed by atoms with Crippen molar-refractivity contribution < 1.29 is 9.90 Å². The van der Waals surface area contributed by atoms with Gasteiger partial charge in [-0.15, -0.1) is 0 Å². The van der Waals surface area contributed by atoms with Crippen LogP contribution in [-0.2, 0) is 11.2 Å². The third-order valence-electron chi connectivity index (χ3n) is 4.17. The molecule has 5 heteroatoms. The Morgan fingerprint density at radius 2 is 2.21 bits per heavy atom. The summed E-state index contributed by atoms with van der Waals surface area (Å²) in [6.07, 6.45) is 2.38. The molecule has 0 radical (unpaired) electrons. The maximum Gasteiger partial charge on any atom is 0.227 e. The molecule has 2 atom stereocenters. The van der Waals surface area contributed by atoms with Crippen molar-refractivity contribution in [1.82, 2.24) is 15.1 Å². The quantitative estimate of drug-likeness (QED) is 0.862. The lowest BCUT2D eigenvalue weighted by atomic mass is 9.93. The Kier molecular flexibility index (Phi) is 4.24. The molecule has 1 amide bonds. The molecule has 0 saturated carbocycles. The molecule has 1 aliphatic rings. The van der Waals surface area contributed by atoms with Gasteiger partial charge in [0.2, 0.25) is 5.91 Å². The molecule has 5 nitrogen and oxygen atoms in total. The van der Waals surface area contributed by atoms with E-state index in [1.54, 1.807) is 0 Å². The Bertz CT molecular complexity index is 436. The van der Waals surface area contributed by atoms with E-state index in [-0.39, 0.29) is 24.5 Å². The van der Waals surface area contributed by atoms with Crippen molar-refractivity contribution in [3.05, 3.63) is 17.0 Å². The lowest BCUT2D eigenvalue weighted by molar-refractivity contribution is -0.135. The minimum Gasteiger partial charge on any atom is -0.396 e. The number of aliphatic hydroxyl groups is 1. The Hall–Kier alpha value is -1.36. The number of aryl methyl sites for hydroxylation is 2.